The number of aliphatic hydroxyl groups is 2. The minimum atomic E-state index is -0.667. The summed E-state index contributed by atoms with van der Waals surface area (Å²) in [5.41, 5.74) is 0. The normalized spacial score (nSPS) is 12.5. The van der Waals surface area contributed by atoms with Crippen LogP contribution in [0, 0.1) is 0 Å². The van der Waals surface area contributed by atoms with Gasteiger partial charge in [-0.3, -0.25) is 9.59 Å². The van der Waals surface area contributed by atoms with E-state index in [-0.39, 0.29) is 18.5 Å². The average Bonchev–Trinajstić information content (AvgIpc) is 3.37. The van der Waals surface area contributed by atoms with Crippen molar-refractivity contribution in [2.45, 2.75) is 392 Å². The van der Waals surface area contributed by atoms with Crippen molar-refractivity contribution in [3.05, 3.63) is 0 Å². The van der Waals surface area contributed by atoms with Crippen molar-refractivity contribution >= 4 is 11.9 Å². The Morgan fingerprint density at radius 1 is 0.338 bits per heavy atom. The summed E-state index contributed by atoms with van der Waals surface area (Å²) in [4.78, 5) is 24.6. The number of amides is 1. The fourth-order valence-corrected chi connectivity index (χ4v) is 10.6. The molecule has 0 saturated heterocycles. The van der Waals surface area contributed by atoms with Gasteiger partial charge < -0.3 is 20.3 Å². The second kappa shape index (κ2) is 61.4. The summed E-state index contributed by atoms with van der Waals surface area (Å²) in [6.07, 6.45) is 72.6. The molecule has 0 fully saturated rings. The molecular weight excluding hydrogens is 875 g/mol. The number of unbranched alkanes of at least 4 members (excludes halogenated alkanes) is 51. The minimum Gasteiger partial charge on any atom is -0.466 e. The second-order valence-electron chi connectivity index (χ2n) is 22.8. The number of carbonyl (C=O) groups is 2. The van der Waals surface area contributed by atoms with Crippen LogP contribution >= 0.6 is 0 Å². The summed E-state index contributed by atoms with van der Waals surface area (Å²) >= 11 is 0. The number of carbonyl (C=O) groups excluding carboxylic acids is 2. The largest absolute Gasteiger partial charge is 0.466 e. The molecule has 0 aliphatic rings. The molecule has 0 bridgehead atoms. The lowest BCUT2D eigenvalue weighted by Crippen LogP contribution is -2.45. The van der Waals surface area contributed by atoms with Gasteiger partial charge in [-0.1, -0.05) is 341 Å². The van der Waals surface area contributed by atoms with Crippen LogP contribution in [0.5, 0.6) is 0 Å². The zero-order chi connectivity index (χ0) is 51.4. The van der Waals surface area contributed by atoms with Crippen molar-refractivity contribution in [3.8, 4) is 0 Å². The highest BCUT2D eigenvalue weighted by Crippen LogP contribution is 2.19. The number of nitrogens with one attached hydrogen (secondary N) is 1. The Hall–Kier alpha value is -1.14. The van der Waals surface area contributed by atoms with Crippen LogP contribution in [0.1, 0.15) is 380 Å². The van der Waals surface area contributed by atoms with Gasteiger partial charge in [-0.2, -0.15) is 0 Å². The molecule has 0 rings (SSSR count). The first-order chi connectivity index (χ1) is 35.0. The van der Waals surface area contributed by atoms with Crippen LogP contribution in [0.2, 0.25) is 0 Å². The van der Waals surface area contributed by atoms with E-state index >= 15 is 0 Å². The monoisotopic (exact) mass is 1000 g/mol. The Bertz CT molecular complexity index is 1020. The molecule has 0 radical (unpaired) electrons. The van der Waals surface area contributed by atoms with Gasteiger partial charge in [-0.05, 0) is 25.7 Å². The van der Waals surface area contributed by atoms with Crippen LogP contribution in [0.25, 0.3) is 0 Å². The molecule has 2 unspecified atom stereocenters. The van der Waals surface area contributed by atoms with E-state index in [2.05, 4.69) is 19.2 Å². The highest BCUT2D eigenvalue weighted by molar-refractivity contribution is 5.76. The summed E-state index contributed by atoms with van der Waals surface area (Å²) in [6.45, 7) is 4.99. The van der Waals surface area contributed by atoms with Crippen LogP contribution in [-0.4, -0.2) is 47.4 Å². The number of ether oxygens (including phenoxy) is 1. The first-order valence-corrected chi connectivity index (χ1v) is 32.8. The first-order valence-electron chi connectivity index (χ1n) is 32.8. The van der Waals surface area contributed by atoms with Gasteiger partial charge in [0.1, 0.15) is 0 Å². The molecule has 71 heavy (non-hydrogen) atoms. The van der Waals surface area contributed by atoms with Gasteiger partial charge in [0.2, 0.25) is 5.91 Å². The maximum absolute atomic E-state index is 12.5. The molecule has 0 aromatic rings. The zero-order valence-corrected chi connectivity index (χ0v) is 48.5. The van der Waals surface area contributed by atoms with Gasteiger partial charge in [0.05, 0.1) is 25.4 Å². The summed E-state index contributed by atoms with van der Waals surface area (Å²) < 4.78 is 5.48. The Labute approximate surface area is 445 Å². The fraction of sp³-hybridized carbons (Fsp3) is 0.969. The molecule has 0 aliphatic carbocycles. The first kappa shape index (κ1) is 69.9. The molecule has 2 atom stereocenters. The second-order valence-corrected chi connectivity index (χ2v) is 22.8. The molecule has 0 aliphatic heterocycles. The predicted octanol–water partition coefficient (Wildman–Crippen LogP) is 20.6. The van der Waals surface area contributed by atoms with E-state index in [9.17, 15) is 19.8 Å². The molecule has 3 N–H and O–H groups in total. The maximum atomic E-state index is 12.5. The van der Waals surface area contributed by atoms with Gasteiger partial charge >= 0.3 is 5.97 Å². The number of esters is 1. The SMILES string of the molecule is CCCCCCCCCCCCCCCCCCCCCCCCCC(O)C(CO)NC(=O)CCCCCCCCCCCCCCCCCCCCOC(=O)CCCCCCCCCCCCCCC. The van der Waals surface area contributed by atoms with Crippen molar-refractivity contribution in [1.29, 1.82) is 0 Å². The van der Waals surface area contributed by atoms with Crippen LogP contribution in [0.15, 0.2) is 0 Å². The number of rotatable bonds is 62. The van der Waals surface area contributed by atoms with Crippen LogP contribution < -0.4 is 5.32 Å². The average molecular weight is 1000 g/mol. The van der Waals surface area contributed by atoms with E-state index in [0.29, 0.717) is 25.9 Å². The molecular formula is C65H129NO5. The van der Waals surface area contributed by atoms with Gasteiger partial charge in [-0.15, -0.1) is 0 Å². The Kier molecular flexibility index (Phi) is 60.4. The third-order valence-electron chi connectivity index (χ3n) is 15.7. The molecule has 0 heterocycles. The summed E-state index contributed by atoms with van der Waals surface area (Å²) in [5, 5.41) is 23.4. The molecule has 1 amide bonds. The lowest BCUT2D eigenvalue weighted by Gasteiger charge is -2.22. The topological polar surface area (TPSA) is 95.9 Å². The molecule has 0 saturated carbocycles. The van der Waals surface area contributed by atoms with Gasteiger partial charge in [0.25, 0.3) is 0 Å². The number of hydrogen-bond donors (Lipinski definition) is 3. The number of aliphatic hydroxyl groups excluding tert-OH is 2. The Morgan fingerprint density at radius 2 is 0.577 bits per heavy atom. The summed E-state index contributed by atoms with van der Waals surface area (Å²) in [7, 11) is 0. The molecule has 0 aromatic carbocycles. The van der Waals surface area contributed by atoms with E-state index in [0.717, 1.165) is 38.5 Å². The van der Waals surface area contributed by atoms with Gasteiger partial charge in [0.15, 0.2) is 0 Å². The predicted molar refractivity (Wildman–Crippen MR) is 310 cm³/mol. The van der Waals surface area contributed by atoms with Crippen LogP contribution in [-0.2, 0) is 14.3 Å². The van der Waals surface area contributed by atoms with E-state index in [1.807, 2.05) is 0 Å². The van der Waals surface area contributed by atoms with Crippen molar-refractivity contribution in [3.63, 3.8) is 0 Å². The van der Waals surface area contributed by atoms with E-state index in [1.54, 1.807) is 0 Å². The molecule has 6 heteroatoms. The van der Waals surface area contributed by atoms with Crippen molar-refractivity contribution in [2.75, 3.05) is 13.2 Å². The lowest BCUT2D eigenvalue weighted by molar-refractivity contribution is -0.143. The van der Waals surface area contributed by atoms with Crippen LogP contribution in [0.3, 0.4) is 0 Å². The standard InChI is InChI=1S/C65H129NO5/c1-3-5-7-9-11-13-15-17-18-19-20-21-22-23-24-27-30-34-37-41-45-49-53-57-63(68)62(61-67)66-64(69)58-54-50-46-42-38-35-31-28-25-26-29-32-36-40-44-48-52-56-60-71-65(70)59-55-51-47-43-39-33-16-14-12-10-8-6-4-2/h62-63,67-68H,3-61H2,1-2H3,(H,66,69). The highest BCUT2D eigenvalue weighted by atomic mass is 16.5. The van der Waals surface area contributed by atoms with E-state index in [4.69, 9.17) is 4.74 Å². The molecule has 424 valence electrons. The van der Waals surface area contributed by atoms with E-state index in [1.165, 1.54) is 308 Å². The molecule has 6 nitrogen and oxygen atoms in total. The smallest absolute Gasteiger partial charge is 0.305 e. The summed E-state index contributed by atoms with van der Waals surface area (Å²) in [6, 6.07) is -0.544. The third-order valence-corrected chi connectivity index (χ3v) is 15.7. The van der Waals surface area contributed by atoms with Crippen molar-refractivity contribution in [2.24, 2.45) is 0 Å². The quantitative estimate of drug-likeness (QED) is 0.0417. The van der Waals surface area contributed by atoms with Crippen molar-refractivity contribution in [1.82, 2.24) is 5.32 Å². The van der Waals surface area contributed by atoms with Crippen molar-refractivity contribution < 1.29 is 24.5 Å². The fourth-order valence-electron chi connectivity index (χ4n) is 10.6. The lowest BCUT2D eigenvalue weighted by atomic mass is 10.0. The zero-order valence-electron chi connectivity index (χ0n) is 48.5. The minimum absolute atomic E-state index is 0.0104. The van der Waals surface area contributed by atoms with Crippen LogP contribution in [0.4, 0.5) is 0 Å². The summed E-state index contributed by atoms with van der Waals surface area (Å²) in [5.74, 6) is -0.0232. The third kappa shape index (κ3) is 58.0. The molecule has 0 spiro atoms. The highest BCUT2D eigenvalue weighted by Gasteiger charge is 2.20. The van der Waals surface area contributed by atoms with E-state index < -0.39 is 12.1 Å². The molecule has 0 aromatic heterocycles. The van der Waals surface area contributed by atoms with Gasteiger partial charge in [0, 0.05) is 12.8 Å². The number of hydrogen-bond acceptors (Lipinski definition) is 5. The maximum Gasteiger partial charge on any atom is 0.305 e. The van der Waals surface area contributed by atoms with Gasteiger partial charge in [-0.25, -0.2) is 0 Å². The Balaban J connectivity index is 3.39. The Morgan fingerprint density at radius 3 is 0.859 bits per heavy atom.